The summed E-state index contributed by atoms with van der Waals surface area (Å²) < 4.78 is 10.7. The Morgan fingerprint density at radius 3 is 3.00 bits per heavy atom. The number of halogens is 1. The van der Waals surface area contributed by atoms with Crippen LogP contribution < -0.4 is 0 Å². The molecule has 0 saturated heterocycles. The third-order valence-electron chi connectivity index (χ3n) is 1.93. The molecule has 5 nitrogen and oxygen atoms in total. The third kappa shape index (κ3) is 2.33. The molecule has 0 radical (unpaired) electrons. The topological polar surface area (TPSA) is 68.4 Å². The van der Waals surface area contributed by atoms with Crippen molar-refractivity contribution in [3.63, 3.8) is 0 Å². The van der Waals surface area contributed by atoms with Gasteiger partial charge in [-0.05, 0) is 40.8 Å². The van der Waals surface area contributed by atoms with E-state index in [1.54, 1.807) is 19.2 Å². The van der Waals surface area contributed by atoms with E-state index in [0.717, 1.165) is 3.57 Å². The van der Waals surface area contributed by atoms with Crippen molar-refractivity contribution in [2.24, 2.45) is 0 Å². The second-order valence-corrected chi connectivity index (χ2v) is 4.28. The number of benzene rings is 1. The molecule has 0 aliphatic heterocycles. The lowest BCUT2D eigenvalue weighted by atomic mass is 10.2. The number of hydrogen-bond donors (Lipinski definition) is 1. The molecule has 1 aromatic heterocycles. The van der Waals surface area contributed by atoms with E-state index in [1.807, 2.05) is 28.7 Å². The van der Waals surface area contributed by atoms with Crippen LogP contribution in [0.2, 0.25) is 0 Å². The molecule has 2 aromatic rings. The molecule has 84 valence electrons. The summed E-state index contributed by atoms with van der Waals surface area (Å²) in [5.41, 5.74) is 0.688. The summed E-state index contributed by atoms with van der Waals surface area (Å²) in [4.78, 5) is 4.12. The van der Waals surface area contributed by atoms with E-state index in [0.29, 0.717) is 23.9 Å². The van der Waals surface area contributed by atoms with Crippen LogP contribution in [0.15, 0.2) is 22.7 Å². The second kappa shape index (κ2) is 4.79. The first-order valence-electron chi connectivity index (χ1n) is 4.51. The standard InChI is InChI=1S/C10H9IN2O3/c1-15-5-9-12-10(16-13-9)6-2-3-7(11)8(14)4-6/h2-4,14H,5H2,1H3. The number of phenols is 1. The van der Waals surface area contributed by atoms with Gasteiger partial charge in [0, 0.05) is 12.7 Å². The van der Waals surface area contributed by atoms with Crippen molar-refractivity contribution in [2.45, 2.75) is 6.61 Å². The van der Waals surface area contributed by atoms with Crippen LogP contribution in [-0.2, 0) is 11.3 Å². The van der Waals surface area contributed by atoms with Crippen LogP contribution in [0.4, 0.5) is 0 Å². The molecule has 0 aliphatic carbocycles. The average Bonchev–Trinajstić information content (AvgIpc) is 2.71. The monoisotopic (exact) mass is 332 g/mol. The minimum absolute atomic E-state index is 0.199. The Hall–Kier alpha value is -1.15. The molecule has 0 atom stereocenters. The van der Waals surface area contributed by atoms with Crippen LogP contribution in [0.3, 0.4) is 0 Å². The van der Waals surface area contributed by atoms with Crippen LogP contribution in [-0.4, -0.2) is 22.4 Å². The van der Waals surface area contributed by atoms with E-state index in [4.69, 9.17) is 9.26 Å². The highest BCUT2D eigenvalue weighted by atomic mass is 127. The number of ether oxygens (including phenoxy) is 1. The number of aromatic hydroxyl groups is 1. The summed E-state index contributed by atoms with van der Waals surface area (Å²) in [5.74, 6) is 1.05. The maximum Gasteiger partial charge on any atom is 0.258 e. The van der Waals surface area contributed by atoms with Crippen LogP contribution in [0.5, 0.6) is 5.75 Å². The van der Waals surface area contributed by atoms with Crippen LogP contribution >= 0.6 is 22.6 Å². The zero-order chi connectivity index (χ0) is 11.5. The molecule has 0 unspecified atom stereocenters. The van der Waals surface area contributed by atoms with Crippen LogP contribution in [0.1, 0.15) is 5.82 Å². The van der Waals surface area contributed by atoms with Gasteiger partial charge in [0.1, 0.15) is 12.4 Å². The van der Waals surface area contributed by atoms with Crippen molar-refractivity contribution in [1.29, 1.82) is 0 Å². The highest BCUT2D eigenvalue weighted by molar-refractivity contribution is 14.1. The summed E-state index contributed by atoms with van der Waals surface area (Å²) in [7, 11) is 1.56. The predicted molar refractivity (Wildman–Crippen MR) is 64.8 cm³/mol. The zero-order valence-electron chi connectivity index (χ0n) is 8.48. The van der Waals surface area contributed by atoms with Crippen molar-refractivity contribution < 1.29 is 14.4 Å². The summed E-state index contributed by atoms with van der Waals surface area (Å²) in [6.45, 7) is 0.305. The molecule has 1 aromatic carbocycles. The highest BCUT2D eigenvalue weighted by Crippen LogP contribution is 2.26. The van der Waals surface area contributed by atoms with Gasteiger partial charge in [0.2, 0.25) is 0 Å². The predicted octanol–water partition coefficient (Wildman–Crippen LogP) is 2.19. The number of aromatic nitrogens is 2. The summed E-state index contributed by atoms with van der Waals surface area (Å²) in [6, 6.07) is 5.18. The fraction of sp³-hybridized carbons (Fsp3) is 0.200. The van der Waals surface area contributed by atoms with Gasteiger partial charge in [-0.3, -0.25) is 0 Å². The van der Waals surface area contributed by atoms with Gasteiger partial charge < -0.3 is 14.4 Å². The number of methoxy groups -OCH3 is 1. The third-order valence-corrected chi connectivity index (χ3v) is 2.85. The van der Waals surface area contributed by atoms with Gasteiger partial charge in [0.15, 0.2) is 5.82 Å². The maximum absolute atomic E-state index is 9.55. The Labute approximate surface area is 106 Å². The van der Waals surface area contributed by atoms with E-state index in [1.165, 1.54) is 0 Å². The van der Waals surface area contributed by atoms with Crippen molar-refractivity contribution in [3.8, 4) is 17.2 Å². The first-order valence-corrected chi connectivity index (χ1v) is 5.59. The van der Waals surface area contributed by atoms with Crippen molar-refractivity contribution >= 4 is 22.6 Å². The van der Waals surface area contributed by atoms with Crippen molar-refractivity contribution in [2.75, 3.05) is 7.11 Å². The Morgan fingerprint density at radius 1 is 1.50 bits per heavy atom. The van der Waals surface area contributed by atoms with Crippen molar-refractivity contribution in [1.82, 2.24) is 10.1 Å². The van der Waals surface area contributed by atoms with Gasteiger partial charge in [-0.1, -0.05) is 5.16 Å². The molecule has 0 bridgehead atoms. The summed E-state index contributed by atoms with van der Waals surface area (Å²) in [5, 5.41) is 13.3. The summed E-state index contributed by atoms with van der Waals surface area (Å²) >= 11 is 2.04. The molecule has 1 heterocycles. The Morgan fingerprint density at radius 2 is 2.31 bits per heavy atom. The molecule has 1 N–H and O–H groups in total. The number of phenolic OH excluding ortho intramolecular Hbond substituents is 1. The lowest BCUT2D eigenvalue weighted by Crippen LogP contribution is -1.89. The molecule has 0 spiro atoms. The van der Waals surface area contributed by atoms with Gasteiger partial charge in [-0.2, -0.15) is 4.98 Å². The van der Waals surface area contributed by atoms with Gasteiger partial charge in [0.05, 0.1) is 3.57 Å². The van der Waals surface area contributed by atoms with Crippen LogP contribution in [0.25, 0.3) is 11.5 Å². The SMILES string of the molecule is COCc1noc(-c2ccc(I)c(O)c2)n1. The van der Waals surface area contributed by atoms with Crippen molar-refractivity contribution in [3.05, 3.63) is 27.6 Å². The number of nitrogens with zero attached hydrogens (tertiary/aromatic N) is 2. The van der Waals surface area contributed by atoms with Gasteiger partial charge in [0.25, 0.3) is 5.89 Å². The lowest BCUT2D eigenvalue weighted by Gasteiger charge is -1.98. The Bertz CT molecular complexity index is 499. The fourth-order valence-electron chi connectivity index (χ4n) is 1.20. The molecule has 16 heavy (non-hydrogen) atoms. The van der Waals surface area contributed by atoms with E-state index < -0.39 is 0 Å². The largest absolute Gasteiger partial charge is 0.507 e. The molecule has 2 rings (SSSR count). The molecule has 0 saturated carbocycles. The van der Waals surface area contributed by atoms with Crippen LogP contribution in [0, 0.1) is 3.57 Å². The van der Waals surface area contributed by atoms with E-state index in [-0.39, 0.29) is 5.75 Å². The maximum atomic E-state index is 9.55. The Balaban J connectivity index is 2.31. The molecular weight excluding hydrogens is 323 g/mol. The van der Waals surface area contributed by atoms with Gasteiger partial charge in [-0.15, -0.1) is 0 Å². The summed E-state index contributed by atoms with van der Waals surface area (Å²) in [6.07, 6.45) is 0. The second-order valence-electron chi connectivity index (χ2n) is 3.11. The number of hydrogen-bond acceptors (Lipinski definition) is 5. The minimum atomic E-state index is 0.199. The van der Waals surface area contributed by atoms with E-state index in [2.05, 4.69) is 10.1 Å². The molecule has 6 heteroatoms. The first-order chi connectivity index (χ1) is 7.70. The van der Waals surface area contributed by atoms with E-state index in [9.17, 15) is 5.11 Å². The molecule has 0 aliphatic rings. The highest BCUT2D eigenvalue weighted by Gasteiger charge is 2.10. The smallest absolute Gasteiger partial charge is 0.258 e. The molecule has 0 amide bonds. The average molecular weight is 332 g/mol. The van der Waals surface area contributed by atoms with Gasteiger partial charge >= 0.3 is 0 Å². The minimum Gasteiger partial charge on any atom is -0.507 e. The molecular formula is C10H9IN2O3. The van der Waals surface area contributed by atoms with E-state index >= 15 is 0 Å². The lowest BCUT2D eigenvalue weighted by molar-refractivity contribution is 0.174. The number of rotatable bonds is 3. The van der Waals surface area contributed by atoms with Gasteiger partial charge in [-0.25, -0.2) is 0 Å². The zero-order valence-corrected chi connectivity index (χ0v) is 10.6. The Kier molecular flexibility index (Phi) is 3.39. The first kappa shape index (κ1) is 11.3. The fourth-order valence-corrected chi connectivity index (χ4v) is 1.54. The normalized spacial score (nSPS) is 10.6. The molecule has 0 fully saturated rings. The quantitative estimate of drug-likeness (QED) is 0.873.